The predicted molar refractivity (Wildman–Crippen MR) is 64.1 cm³/mol. The summed E-state index contributed by atoms with van der Waals surface area (Å²) < 4.78 is 1.36. The lowest BCUT2D eigenvalue weighted by atomic mass is 10.2. The SMILES string of the molecule is Cc1nn(-c2ccc(C(N)=O)nn2)c(C)c1C(=O)O. The Bertz CT molecular complexity index is 660. The van der Waals surface area contributed by atoms with Crippen LogP contribution in [0.1, 0.15) is 32.2 Å². The molecule has 1 amide bonds. The molecule has 0 aliphatic carbocycles. The van der Waals surface area contributed by atoms with Crippen molar-refractivity contribution in [3.63, 3.8) is 0 Å². The summed E-state index contributed by atoms with van der Waals surface area (Å²) >= 11 is 0. The topological polar surface area (TPSA) is 124 Å². The van der Waals surface area contributed by atoms with Crippen molar-refractivity contribution in [2.45, 2.75) is 13.8 Å². The second kappa shape index (κ2) is 4.48. The molecule has 2 aromatic rings. The largest absolute Gasteiger partial charge is 0.478 e. The van der Waals surface area contributed by atoms with Crippen molar-refractivity contribution in [3.8, 4) is 5.82 Å². The highest BCUT2D eigenvalue weighted by Crippen LogP contribution is 2.16. The second-order valence-electron chi connectivity index (χ2n) is 3.90. The van der Waals surface area contributed by atoms with E-state index in [4.69, 9.17) is 10.8 Å². The van der Waals surface area contributed by atoms with Crippen molar-refractivity contribution in [2.75, 3.05) is 0 Å². The van der Waals surface area contributed by atoms with Crippen molar-refractivity contribution in [1.29, 1.82) is 0 Å². The average Bonchev–Trinajstić information content (AvgIpc) is 2.65. The summed E-state index contributed by atoms with van der Waals surface area (Å²) in [5.41, 5.74) is 6.03. The second-order valence-corrected chi connectivity index (χ2v) is 3.90. The Morgan fingerprint density at radius 2 is 1.95 bits per heavy atom. The van der Waals surface area contributed by atoms with E-state index in [-0.39, 0.29) is 11.3 Å². The minimum atomic E-state index is -1.05. The predicted octanol–water partition coefficient (Wildman–Crippen LogP) is 0.0762. The Kier molecular flexibility index (Phi) is 2.99. The molecule has 0 fully saturated rings. The molecule has 8 nitrogen and oxygen atoms in total. The van der Waals surface area contributed by atoms with E-state index >= 15 is 0 Å². The quantitative estimate of drug-likeness (QED) is 0.806. The molecule has 0 aliphatic rings. The fourth-order valence-corrected chi connectivity index (χ4v) is 1.74. The van der Waals surface area contributed by atoms with Crippen LogP contribution in [0.4, 0.5) is 0 Å². The monoisotopic (exact) mass is 261 g/mol. The number of hydrogen-bond acceptors (Lipinski definition) is 5. The number of carboxylic acids is 1. The molecule has 3 N–H and O–H groups in total. The van der Waals surface area contributed by atoms with Crippen LogP contribution in [0, 0.1) is 13.8 Å². The molecule has 0 aromatic carbocycles. The molecule has 2 rings (SSSR count). The maximum atomic E-state index is 11.1. The fourth-order valence-electron chi connectivity index (χ4n) is 1.74. The molecular formula is C11H11N5O3. The standard InChI is InChI=1S/C11H11N5O3/c1-5-9(11(18)19)6(2)16(15-5)8-4-3-7(10(12)17)13-14-8/h3-4H,1-2H3,(H2,12,17)(H,18,19). The van der Waals surface area contributed by atoms with Crippen LogP contribution in [0.3, 0.4) is 0 Å². The zero-order chi connectivity index (χ0) is 14.2. The summed E-state index contributed by atoms with van der Waals surface area (Å²) in [5.74, 6) is -1.42. The third-order valence-corrected chi connectivity index (χ3v) is 2.63. The fraction of sp³-hybridized carbons (Fsp3) is 0.182. The van der Waals surface area contributed by atoms with Gasteiger partial charge in [-0.3, -0.25) is 4.79 Å². The Morgan fingerprint density at radius 1 is 1.26 bits per heavy atom. The zero-order valence-electron chi connectivity index (χ0n) is 10.3. The van der Waals surface area contributed by atoms with E-state index < -0.39 is 11.9 Å². The van der Waals surface area contributed by atoms with Crippen LogP contribution in [0.15, 0.2) is 12.1 Å². The molecule has 0 unspecified atom stereocenters. The number of carbonyl (C=O) groups is 2. The maximum absolute atomic E-state index is 11.1. The van der Waals surface area contributed by atoms with Crippen LogP contribution in [0.2, 0.25) is 0 Å². The number of hydrogen-bond donors (Lipinski definition) is 2. The van der Waals surface area contributed by atoms with Gasteiger partial charge >= 0.3 is 5.97 Å². The summed E-state index contributed by atoms with van der Waals surface area (Å²) in [6.07, 6.45) is 0. The Morgan fingerprint density at radius 3 is 2.37 bits per heavy atom. The molecule has 0 bridgehead atoms. The minimum Gasteiger partial charge on any atom is -0.478 e. The normalized spacial score (nSPS) is 10.4. The van der Waals surface area contributed by atoms with E-state index in [1.807, 2.05) is 0 Å². The number of amides is 1. The van der Waals surface area contributed by atoms with Crippen molar-refractivity contribution >= 4 is 11.9 Å². The first-order valence-corrected chi connectivity index (χ1v) is 5.35. The third-order valence-electron chi connectivity index (χ3n) is 2.63. The van der Waals surface area contributed by atoms with E-state index in [1.54, 1.807) is 13.8 Å². The van der Waals surface area contributed by atoms with Crippen LogP contribution in [0.25, 0.3) is 5.82 Å². The number of aryl methyl sites for hydroxylation is 1. The lowest BCUT2D eigenvalue weighted by Gasteiger charge is -2.02. The van der Waals surface area contributed by atoms with Gasteiger partial charge in [-0.2, -0.15) is 5.10 Å². The molecule has 2 heterocycles. The lowest BCUT2D eigenvalue weighted by molar-refractivity contribution is 0.0695. The Labute approximate surface area is 107 Å². The number of aromatic nitrogens is 4. The highest BCUT2D eigenvalue weighted by atomic mass is 16.4. The molecule has 0 spiro atoms. The minimum absolute atomic E-state index is 0.0312. The molecule has 19 heavy (non-hydrogen) atoms. The molecule has 8 heteroatoms. The number of rotatable bonds is 3. The van der Waals surface area contributed by atoms with Crippen molar-refractivity contribution in [1.82, 2.24) is 20.0 Å². The number of nitrogens with zero attached hydrogens (tertiary/aromatic N) is 4. The molecular weight excluding hydrogens is 250 g/mol. The summed E-state index contributed by atoms with van der Waals surface area (Å²) in [4.78, 5) is 22.0. The highest BCUT2D eigenvalue weighted by Gasteiger charge is 2.19. The van der Waals surface area contributed by atoms with Gasteiger partial charge in [-0.25, -0.2) is 9.48 Å². The summed E-state index contributed by atoms with van der Waals surface area (Å²) in [7, 11) is 0. The number of nitrogens with two attached hydrogens (primary N) is 1. The first kappa shape index (κ1) is 12.7. The van der Waals surface area contributed by atoms with Crippen LogP contribution in [-0.2, 0) is 0 Å². The number of primary amides is 1. The molecule has 0 saturated carbocycles. The van der Waals surface area contributed by atoms with Gasteiger partial charge in [-0.15, -0.1) is 10.2 Å². The molecule has 0 aliphatic heterocycles. The first-order chi connectivity index (χ1) is 8.91. The maximum Gasteiger partial charge on any atom is 0.339 e. The van der Waals surface area contributed by atoms with Gasteiger partial charge in [0.15, 0.2) is 11.5 Å². The van der Waals surface area contributed by atoms with Gasteiger partial charge in [0, 0.05) is 0 Å². The van der Waals surface area contributed by atoms with Crippen molar-refractivity contribution in [3.05, 3.63) is 34.8 Å². The van der Waals surface area contributed by atoms with Crippen LogP contribution < -0.4 is 5.73 Å². The van der Waals surface area contributed by atoms with Gasteiger partial charge in [0.1, 0.15) is 5.56 Å². The first-order valence-electron chi connectivity index (χ1n) is 5.35. The van der Waals surface area contributed by atoms with Crippen LogP contribution in [-0.4, -0.2) is 37.0 Å². The number of carboxylic acid groups (broad SMARTS) is 1. The summed E-state index contributed by atoms with van der Waals surface area (Å²) in [6, 6.07) is 2.90. The van der Waals surface area contributed by atoms with Gasteiger partial charge < -0.3 is 10.8 Å². The van der Waals surface area contributed by atoms with E-state index in [1.165, 1.54) is 16.8 Å². The Hall–Kier alpha value is -2.77. The molecule has 0 saturated heterocycles. The molecule has 98 valence electrons. The van der Waals surface area contributed by atoms with E-state index in [0.717, 1.165) is 0 Å². The van der Waals surface area contributed by atoms with Crippen LogP contribution in [0.5, 0.6) is 0 Å². The molecule has 0 radical (unpaired) electrons. The van der Waals surface area contributed by atoms with Crippen molar-refractivity contribution in [2.24, 2.45) is 5.73 Å². The van der Waals surface area contributed by atoms with E-state index in [0.29, 0.717) is 17.2 Å². The van der Waals surface area contributed by atoms with Crippen LogP contribution >= 0.6 is 0 Å². The molecule has 0 atom stereocenters. The van der Waals surface area contributed by atoms with E-state index in [2.05, 4.69) is 15.3 Å². The van der Waals surface area contributed by atoms with Gasteiger partial charge in [-0.05, 0) is 26.0 Å². The lowest BCUT2D eigenvalue weighted by Crippen LogP contribution is -2.15. The van der Waals surface area contributed by atoms with Gasteiger partial charge in [0.2, 0.25) is 0 Å². The van der Waals surface area contributed by atoms with Gasteiger partial charge in [0.25, 0.3) is 5.91 Å². The number of carbonyl (C=O) groups excluding carboxylic acids is 1. The highest BCUT2D eigenvalue weighted by molar-refractivity contribution is 5.91. The summed E-state index contributed by atoms with van der Waals surface area (Å²) in [5, 5.41) is 20.6. The molecule has 2 aromatic heterocycles. The third kappa shape index (κ3) is 2.15. The van der Waals surface area contributed by atoms with Gasteiger partial charge in [0.05, 0.1) is 11.4 Å². The number of aromatic carboxylic acids is 1. The zero-order valence-corrected chi connectivity index (χ0v) is 10.3. The van der Waals surface area contributed by atoms with Crippen molar-refractivity contribution < 1.29 is 14.7 Å². The summed E-state index contributed by atoms with van der Waals surface area (Å²) in [6.45, 7) is 3.21. The van der Waals surface area contributed by atoms with Gasteiger partial charge in [-0.1, -0.05) is 0 Å². The smallest absolute Gasteiger partial charge is 0.339 e. The van der Waals surface area contributed by atoms with E-state index in [9.17, 15) is 9.59 Å². The average molecular weight is 261 g/mol. The Balaban J connectivity index is 2.51.